The maximum Gasteiger partial charge on any atom is 0.242 e. The van der Waals surface area contributed by atoms with Crippen LogP contribution in [0.15, 0.2) is 12.7 Å². The number of rotatable bonds is 7. The van der Waals surface area contributed by atoms with Gasteiger partial charge in [0.2, 0.25) is 5.91 Å². The Morgan fingerprint density at radius 2 is 2.50 bits per heavy atom. The van der Waals surface area contributed by atoms with E-state index in [2.05, 4.69) is 15.4 Å². The molecular formula is C9H16N4O3. The van der Waals surface area contributed by atoms with Gasteiger partial charge in [0, 0.05) is 13.7 Å². The zero-order valence-electron chi connectivity index (χ0n) is 9.17. The molecule has 7 nitrogen and oxygen atoms in total. The Morgan fingerprint density at radius 1 is 1.69 bits per heavy atom. The molecule has 0 aliphatic carbocycles. The van der Waals surface area contributed by atoms with E-state index in [1.807, 2.05) is 0 Å². The van der Waals surface area contributed by atoms with Gasteiger partial charge in [0.15, 0.2) is 0 Å². The van der Waals surface area contributed by atoms with E-state index in [0.717, 1.165) is 0 Å². The fraction of sp³-hybridized carbons (Fsp3) is 0.667. The molecule has 1 amide bonds. The number of nitrogens with zero attached hydrogens (tertiary/aromatic N) is 3. The van der Waals surface area contributed by atoms with E-state index in [-0.39, 0.29) is 25.1 Å². The van der Waals surface area contributed by atoms with E-state index in [1.54, 1.807) is 7.11 Å². The van der Waals surface area contributed by atoms with E-state index in [9.17, 15) is 4.79 Å². The quantitative estimate of drug-likeness (QED) is 0.611. The average molecular weight is 228 g/mol. The average Bonchev–Trinajstić information content (AvgIpc) is 2.71. The number of hydrogen-bond acceptors (Lipinski definition) is 5. The van der Waals surface area contributed by atoms with Gasteiger partial charge in [0.1, 0.15) is 19.2 Å². The molecule has 1 rings (SSSR count). The summed E-state index contributed by atoms with van der Waals surface area (Å²) < 4.78 is 6.36. The molecule has 0 aliphatic heterocycles. The number of nitrogens with one attached hydrogen (secondary N) is 1. The summed E-state index contributed by atoms with van der Waals surface area (Å²) in [6.07, 6.45) is 3.31. The lowest BCUT2D eigenvalue weighted by Gasteiger charge is -2.16. The van der Waals surface area contributed by atoms with Gasteiger partial charge in [-0.2, -0.15) is 5.10 Å². The lowest BCUT2D eigenvalue weighted by Crippen LogP contribution is -2.40. The maximum absolute atomic E-state index is 11.5. The highest BCUT2D eigenvalue weighted by Gasteiger charge is 2.11. The molecule has 1 aromatic rings. The van der Waals surface area contributed by atoms with Crippen LogP contribution in [0, 0.1) is 0 Å². The van der Waals surface area contributed by atoms with Crippen molar-refractivity contribution >= 4 is 5.91 Å². The Balaban J connectivity index is 2.35. The molecule has 16 heavy (non-hydrogen) atoms. The van der Waals surface area contributed by atoms with Crippen molar-refractivity contribution < 1.29 is 14.6 Å². The molecular weight excluding hydrogens is 212 g/mol. The fourth-order valence-corrected chi connectivity index (χ4v) is 1.29. The molecule has 0 saturated heterocycles. The molecule has 7 heteroatoms. The van der Waals surface area contributed by atoms with Crippen LogP contribution in [0.25, 0.3) is 0 Å². The summed E-state index contributed by atoms with van der Waals surface area (Å²) in [5.74, 6) is -0.180. The van der Waals surface area contributed by atoms with Gasteiger partial charge in [-0.1, -0.05) is 0 Å². The maximum atomic E-state index is 11.5. The van der Waals surface area contributed by atoms with Gasteiger partial charge < -0.3 is 15.2 Å². The van der Waals surface area contributed by atoms with Crippen LogP contribution in [0.2, 0.25) is 0 Å². The second-order valence-electron chi connectivity index (χ2n) is 3.33. The second kappa shape index (κ2) is 6.91. The zero-order chi connectivity index (χ0) is 11.8. The number of carbonyl (C=O) groups is 1. The third kappa shape index (κ3) is 4.37. The normalized spacial score (nSPS) is 12.4. The summed E-state index contributed by atoms with van der Waals surface area (Å²) in [6, 6.07) is -0.175. The fourth-order valence-electron chi connectivity index (χ4n) is 1.29. The summed E-state index contributed by atoms with van der Waals surface area (Å²) in [5.41, 5.74) is 0. The summed E-state index contributed by atoms with van der Waals surface area (Å²) in [5, 5.41) is 15.4. The third-order valence-electron chi connectivity index (χ3n) is 1.98. The lowest BCUT2D eigenvalue weighted by molar-refractivity contribution is -0.123. The highest BCUT2D eigenvalue weighted by molar-refractivity contribution is 5.75. The summed E-state index contributed by atoms with van der Waals surface area (Å²) in [6.45, 7) is 0.507. The van der Waals surface area contributed by atoms with E-state index in [1.165, 1.54) is 17.3 Å². The number of methoxy groups -OCH3 is 1. The predicted octanol–water partition coefficient (Wildman–Crippen LogP) is -1.21. The lowest BCUT2D eigenvalue weighted by atomic mass is 10.2. The van der Waals surface area contributed by atoms with Crippen LogP contribution in [0.3, 0.4) is 0 Å². The SMILES string of the molecule is COCC(CCO)NC(=O)Cn1cncn1. The molecule has 1 aromatic heterocycles. The summed E-state index contributed by atoms with van der Waals surface area (Å²) in [4.78, 5) is 15.3. The Morgan fingerprint density at radius 3 is 3.06 bits per heavy atom. The minimum atomic E-state index is -0.180. The van der Waals surface area contributed by atoms with Crippen LogP contribution >= 0.6 is 0 Å². The molecule has 0 spiro atoms. The van der Waals surface area contributed by atoms with Crippen LogP contribution in [0.4, 0.5) is 0 Å². The first-order valence-corrected chi connectivity index (χ1v) is 4.98. The second-order valence-corrected chi connectivity index (χ2v) is 3.33. The van der Waals surface area contributed by atoms with Crippen LogP contribution in [-0.2, 0) is 16.1 Å². The number of ether oxygens (including phenoxy) is 1. The topological polar surface area (TPSA) is 89.3 Å². The van der Waals surface area contributed by atoms with E-state index in [4.69, 9.17) is 9.84 Å². The third-order valence-corrected chi connectivity index (χ3v) is 1.98. The minimum absolute atomic E-state index is 0.0115. The van der Waals surface area contributed by atoms with Crippen molar-refractivity contribution in [2.24, 2.45) is 0 Å². The Hall–Kier alpha value is -1.47. The van der Waals surface area contributed by atoms with Crippen LogP contribution < -0.4 is 5.32 Å². The van der Waals surface area contributed by atoms with E-state index >= 15 is 0 Å². The smallest absolute Gasteiger partial charge is 0.242 e. The molecule has 1 unspecified atom stereocenters. The van der Waals surface area contributed by atoms with E-state index < -0.39 is 0 Å². The van der Waals surface area contributed by atoms with Gasteiger partial charge in [0.05, 0.1) is 12.6 Å². The molecule has 90 valence electrons. The Bertz CT molecular complexity index is 296. The zero-order valence-corrected chi connectivity index (χ0v) is 9.17. The molecule has 0 aromatic carbocycles. The first-order chi connectivity index (χ1) is 7.76. The first kappa shape index (κ1) is 12.6. The van der Waals surface area contributed by atoms with Crippen molar-refractivity contribution in [3.8, 4) is 0 Å². The number of amides is 1. The molecule has 0 saturated carbocycles. The van der Waals surface area contributed by atoms with Gasteiger partial charge in [-0.05, 0) is 6.42 Å². The first-order valence-electron chi connectivity index (χ1n) is 4.98. The number of aliphatic hydroxyl groups is 1. The number of aliphatic hydroxyl groups excluding tert-OH is 1. The monoisotopic (exact) mass is 228 g/mol. The van der Waals surface area contributed by atoms with Gasteiger partial charge in [-0.15, -0.1) is 0 Å². The van der Waals surface area contributed by atoms with Crippen molar-refractivity contribution in [3.05, 3.63) is 12.7 Å². The van der Waals surface area contributed by atoms with Gasteiger partial charge in [0.25, 0.3) is 0 Å². The van der Waals surface area contributed by atoms with Crippen LogP contribution in [0.5, 0.6) is 0 Å². The van der Waals surface area contributed by atoms with Crippen molar-refractivity contribution in [2.45, 2.75) is 19.0 Å². The van der Waals surface area contributed by atoms with Gasteiger partial charge in [-0.25, -0.2) is 9.67 Å². The minimum Gasteiger partial charge on any atom is -0.396 e. The highest BCUT2D eigenvalue weighted by Crippen LogP contribution is 1.92. The molecule has 2 N–H and O–H groups in total. The number of hydrogen-bond donors (Lipinski definition) is 2. The van der Waals surface area contributed by atoms with Crippen molar-refractivity contribution in [1.29, 1.82) is 0 Å². The molecule has 1 heterocycles. The number of aromatic nitrogens is 3. The highest BCUT2D eigenvalue weighted by atomic mass is 16.5. The number of carbonyl (C=O) groups excluding carboxylic acids is 1. The molecule has 0 aliphatic rings. The largest absolute Gasteiger partial charge is 0.396 e. The standard InChI is InChI=1S/C9H16N4O3/c1-16-5-8(2-3-14)12-9(15)4-13-7-10-6-11-13/h6-8,14H,2-5H2,1H3,(H,12,15). The van der Waals surface area contributed by atoms with Crippen LogP contribution in [0.1, 0.15) is 6.42 Å². The Labute approximate surface area is 93.4 Å². The molecule has 0 radical (unpaired) electrons. The molecule has 0 bridgehead atoms. The summed E-state index contributed by atoms with van der Waals surface area (Å²) >= 11 is 0. The Kier molecular flexibility index (Phi) is 5.44. The predicted molar refractivity (Wildman–Crippen MR) is 55.5 cm³/mol. The van der Waals surface area contributed by atoms with Gasteiger partial charge >= 0.3 is 0 Å². The van der Waals surface area contributed by atoms with Crippen LogP contribution in [-0.4, -0.2) is 52.1 Å². The summed E-state index contributed by atoms with van der Waals surface area (Å²) in [7, 11) is 1.55. The van der Waals surface area contributed by atoms with E-state index in [0.29, 0.717) is 13.0 Å². The van der Waals surface area contributed by atoms with Crippen molar-refractivity contribution in [3.63, 3.8) is 0 Å². The molecule has 1 atom stereocenters. The van der Waals surface area contributed by atoms with Gasteiger partial charge in [-0.3, -0.25) is 4.79 Å². The van der Waals surface area contributed by atoms with Crippen molar-refractivity contribution in [2.75, 3.05) is 20.3 Å². The molecule has 0 fully saturated rings. The van der Waals surface area contributed by atoms with Crippen molar-refractivity contribution in [1.82, 2.24) is 20.1 Å².